The maximum Gasteiger partial charge on any atom is 0.328 e. The Morgan fingerprint density at radius 3 is 2.42 bits per heavy atom. The zero-order valence-corrected chi connectivity index (χ0v) is 18.9. The number of azo groups is 1. The molecule has 0 saturated heterocycles. The van der Waals surface area contributed by atoms with Gasteiger partial charge in [0.25, 0.3) is 0 Å². The normalized spacial score (nSPS) is 13.2. The molecular weight excluding hydrogens is 424 g/mol. The van der Waals surface area contributed by atoms with Crippen LogP contribution in [0.15, 0.2) is 46.6 Å². The Balaban J connectivity index is 2.08. The van der Waals surface area contributed by atoms with Gasteiger partial charge in [0.1, 0.15) is 23.2 Å². The maximum absolute atomic E-state index is 12.2. The van der Waals surface area contributed by atoms with Gasteiger partial charge in [0.15, 0.2) is 11.6 Å². The molecule has 11 heteroatoms. The summed E-state index contributed by atoms with van der Waals surface area (Å²) in [5.74, 6) is -0.455. The molecule has 2 atom stereocenters. The third-order valence-corrected chi connectivity index (χ3v) is 4.79. The lowest BCUT2D eigenvalue weighted by atomic mass is 10.1. The van der Waals surface area contributed by atoms with E-state index in [1.165, 1.54) is 0 Å². The van der Waals surface area contributed by atoms with Crippen LogP contribution in [0.4, 0.5) is 23.0 Å². The number of anilines is 2. The van der Waals surface area contributed by atoms with E-state index in [1.807, 2.05) is 13.8 Å². The minimum Gasteiger partial charge on any atom is -0.423 e. The largest absolute Gasteiger partial charge is 0.423 e. The summed E-state index contributed by atoms with van der Waals surface area (Å²) >= 11 is 0. The predicted octanol–water partition coefficient (Wildman–Crippen LogP) is 2.36. The number of nitrogens with two attached hydrogens (primary N) is 4. The molecule has 0 spiro atoms. The number of esters is 1. The number of aromatic nitrogens is 1. The molecule has 0 aliphatic carbocycles. The number of nitrogens with one attached hydrogen (secondary N) is 1. The van der Waals surface area contributed by atoms with Gasteiger partial charge in [-0.2, -0.15) is 0 Å². The molecule has 0 aliphatic heterocycles. The fraction of sp³-hybridized carbons (Fsp3) is 0.409. The lowest BCUT2D eigenvalue weighted by Gasteiger charge is -2.14. The first-order chi connectivity index (χ1) is 15.7. The van der Waals surface area contributed by atoms with E-state index in [0.29, 0.717) is 18.7 Å². The van der Waals surface area contributed by atoms with Gasteiger partial charge in [-0.1, -0.05) is 32.4 Å². The molecule has 0 bridgehead atoms. The molecule has 1 aromatic carbocycles. The minimum absolute atomic E-state index is 0.0598. The number of benzene rings is 1. The second kappa shape index (κ2) is 12.6. The van der Waals surface area contributed by atoms with Crippen molar-refractivity contribution in [1.29, 1.82) is 0 Å². The highest BCUT2D eigenvalue weighted by atomic mass is 16.5. The summed E-state index contributed by atoms with van der Waals surface area (Å²) in [6, 6.07) is 8.34. The zero-order chi connectivity index (χ0) is 24.4. The Labute approximate surface area is 193 Å². The van der Waals surface area contributed by atoms with Crippen LogP contribution in [-0.4, -0.2) is 35.5 Å². The number of rotatable bonds is 11. The summed E-state index contributed by atoms with van der Waals surface area (Å²) in [5, 5.41) is 10.9. The molecule has 0 fully saturated rings. The first-order valence-corrected chi connectivity index (χ1v) is 10.7. The molecule has 0 aliphatic rings. The Morgan fingerprint density at radius 2 is 1.76 bits per heavy atom. The van der Waals surface area contributed by atoms with Crippen LogP contribution < -0.4 is 33.0 Å². The Bertz CT molecular complexity index is 980. The molecule has 1 unspecified atom stereocenters. The van der Waals surface area contributed by atoms with Crippen molar-refractivity contribution in [3.8, 4) is 5.75 Å². The molecule has 2 aromatic rings. The standard InChI is InChI=1S/C22H32N8O3/c1-13(2)19(25)22(32)33-17-9-4-3-8-15(17)29-30-16-10-11-18(27-20(16)26)28-21(31)14(24)7-5-6-12-23/h3-4,8-11,13-14,19H,5-7,12,23-25H2,1-2H3,(H3,26,27,28,31)/t14-,19?/m0/s1. The van der Waals surface area contributed by atoms with Crippen molar-refractivity contribution >= 4 is 34.9 Å². The minimum atomic E-state index is -0.758. The molecule has 9 N–H and O–H groups in total. The van der Waals surface area contributed by atoms with Crippen molar-refractivity contribution in [2.75, 3.05) is 17.6 Å². The van der Waals surface area contributed by atoms with Crippen LogP contribution in [0.2, 0.25) is 0 Å². The fourth-order valence-electron chi connectivity index (χ4n) is 2.66. The van der Waals surface area contributed by atoms with Gasteiger partial charge in [-0.25, -0.2) is 9.78 Å². The van der Waals surface area contributed by atoms with E-state index >= 15 is 0 Å². The van der Waals surface area contributed by atoms with Gasteiger partial charge < -0.3 is 33.0 Å². The highest BCUT2D eigenvalue weighted by Gasteiger charge is 2.20. The number of para-hydroxylation sites is 1. The molecular formula is C22H32N8O3. The van der Waals surface area contributed by atoms with Gasteiger partial charge in [0, 0.05) is 0 Å². The average molecular weight is 457 g/mol. The van der Waals surface area contributed by atoms with E-state index in [2.05, 4.69) is 20.5 Å². The van der Waals surface area contributed by atoms with Crippen molar-refractivity contribution in [2.24, 2.45) is 33.3 Å². The summed E-state index contributed by atoms with van der Waals surface area (Å²) in [4.78, 5) is 28.5. The van der Waals surface area contributed by atoms with E-state index in [4.69, 9.17) is 27.7 Å². The van der Waals surface area contributed by atoms with Crippen molar-refractivity contribution in [1.82, 2.24) is 4.98 Å². The number of nitrogens with zero attached hydrogens (tertiary/aromatic N) is 3. The summed E-state index contributed by atoms with van der Waals surface area (Å²) < 4.78 is 5.38. The van der Waals surface area contributed by atoms with Crippen LogP contribution in [0.25, 0.3) is 0 Å². The zero-order valence-electron chi connectivity index (χ0n) is 18.9. The van der Waals surface area contributed by atoms with Crippen LogP contribution in [-0.2, 0) is 9.59 Å². The van der Waals surface area contributed by atoms with Crippen LogP contribution in [0.1, 0.15) is 33.1 Å². The van der Waals surface area contributed by atoms with Crippen molar-refractivity contribution in [2.45, 2.75) is 45.2 Å². The van der Waals surface area contributed by atoms with Crippen molar-refractivity contribution in [3.05, 3.63) is 36.4 Å². The van der Waals surface area contributed by atoms with Crippen LogP contribution >= 0.6 is 0 Å². The van der Waals surface area contributed by atoms with Gasteiger partial charge in [-0.15, -0.1) is 10.2 Å². The van der Waals surface area contributed by atoms with Gasteiger partial charge in [0.05, 0.1) is 6.04 Å². The number of carbonyl (C=O) groups excluding carboxylic acids is 2. The quantitative estimate of drug-likeness (QED) is 0.147. The predicted molar refractivity (Wildman–Crippen MR) is 127 cm³/mol. The number of carbonyl (C=O) groups is 2. The van der Waals surface area contributed by atoms with Crippen LogP contribution in [0.5, 0.6) is 5.75 Å². The Morgan fingerprint density at radius 1 is 1.06 bits per heavy atom. The highest BCUT2D eigenvalue weighted by molar-refractivity contribution is 5.94. The first kappa shape index (κ1) is 25.8. The molecule has 0 radical (unpaired) electrons. The number of nitrogen functional groups attached to an aromatic ring is 1. The summed E-state index contributed by atoms with van der Waals surface area (Å²) in [5.41, 5.74) is 23.7. The topological polar surface area (TPSA) is 197 Å². The molecule has 178 valence electrons. The number of pyridine rings is 1. The van der Waals surface area contributed by atoms with Gasteiger partial charge in [0.2, 0.25) is 5.91 Å². The van der Waals surface area contributed by atoms with Gasteiger partial charge in [-0.05, 0) is 49.6 Å². The second-order valence-corrected chi connectivity index (χ2v) is 7.84. The Hall–Kier alpha value is -3.41. The first-order valence-electron chi connectivity index (χ1n) is 10.7. The third kappa shape index (κ3) is 7.90. The van der Waals surface area contributed by atoms with E-state index in [9.17, 15) is 9.59 Å². The number of ether oxygens (including phenoxy) is 1. The monoisotopic (exact) mass is 456 g/mol. The molecule has 1 amide bonds. The summed E-state index contributed by atoms with van der Waals surface area (Å²) in [6.07, 6.45) is 2.09. The summed E-state index contributed by atoms with van der Waals surface area (Å²) in [7, 11) is 0. The molecule has 0 saturated carbocycles. The van der Waals surface area contributed by atoms with E-state index in [0.717, 1.165) is 12.8 Å². The maximum atomic E-state index is 12.2. The smallest absolute Gasteiger partial charge is 0.328 e. The van der Waals surface area contributed by atoms with Crippen LogP contribution in [0.3, 0.4) is 0 Å². The van der Waals surface area contributed by atoms with Crippen molar-refractivity contribution in [3.63, 3.8) is 0 Å². The molecule has 1 heterocycles. The third-order valence-electron chi connectivity index (χ3n) is 4.79. The SMILES string of the molecule is CC(C)C(N)C(=O)Oc1ccccc1N=Nc1ccc(NC(=O)[C@@H](N)CCCCN)nc1N. The summed E-state index contributed by atoms with van der Waals surface area (Å²) in [6.45, 7) is 4.21. The number of hydrogen-bond donors (Lipinski definition) is 5. The van der Waals surface area contributed by atoms with E-state index < -0.39 is 18.1 Å². The lowest BCUT2D eigenvalue weighted by molar-refractivity contribution is -0.136. The van der Waals surface area contributed by atoms with E-state index in [-0.39, 0.29) is 34.9 Å². The number of unbranched alkanes of at least 4 members (excludes halogenated alkanes) is 1. The Kier molecular flexibility index (Phi) is 9.85. The van der Waals surface area contributed by atoms with Gasteiger partial charge in [-0.3, -0.25) is 4.79 Å². The lowest BCUT2D eigenvalue weighted by Crippen LogP contribution is -2.38. The fourth-order valence-corrected chi connectivity index (χ4v) is 2.66. The van der Waals surface area contributed by atoms with Crippen molar-refractivity contribution < 1.29 is 14.3 Å². The molecule has 2 rings (SSSR count). The molecule has 11 nitrogen and oxygen atoms in total. The number of amides is 1. The van der Waals surface area contributed by atoms with E-state index in [1.54, 1.807) is 36.4 Å². The van der Waals surface area contributed by atoms with Gasteiger partial charge >= 0.3 is 5.97 Å². The average Bonchev–Trinajstić information content (AvgIpc) is 2.78. The second-order valence-electron chi connectivity index (χ2n) is 7.84. The van der Waals surface area contributed by atoms with Crippen LogP contribution in [0, 0.1) is 5.92 Å². The number of hydrogen-bond acceptors (Lipinski definition) is 10. The highest BCUT2D eigenvalue weighted by Crippen LogP contribution is 2.31. The molecule has 1 aromatic heterocycles. The molecule has 33 heavy (non-hydrogen) atoms.